The minimum Gasteiger partial charge on any atom is -0.495 e. The second-order valence-corrected chi connectivity index (χ2v) is 1.94. The van der Waals surface area contributed by atoms with Crippen LogP contribution in [0.15, 0.2) is 12.8 Å². The van der Waals surface area contributed by atoms with Crippen LogP contribution in [0.2, 0.25) is 0 Å². The van der Waals surface area contributed by atoms with Crippen LogP contribution in [0.1, 0.15) is 0 Å². The van der Waals surface area contributed by atoms with Crippen LogP contribution in [-0.2, 0) is 9.47 Å². The Hall–Kier alpha value is -0.540. The number of likely N-dealkylation sites (N-methyl/N-ethyl adjacent to an activating group) is 1. The van der Waals surface area contributed by atoms with E-state index in [1.165, 1.54) is 6.26 Å². The van der Waals surface area contributed by atoms with Gasteiger partial charge in [0.25, 0.3) is 0 Å². The molecular weight excluding hydrogens is 130 g/mol. The van der Waals surface area contributed by atoms with Gasteiger partial charge in [0.15, 0.2) is 0 Å². The van der Waals surface area contributed by atoms with Gasteiger partial charge in [-0.1, -0.05) is 6.58 Å². The summed E-state index contributed by atoms with van der Waals surface area (Å²) in [5.74, 6) is 0. The molecule has 1 N–H and O–H groups in total. The Morgan fingerprint density at radius 1 is 1.70 bits per heavy atom. The molecule has 3 nitrogen and oxygen atoms in total. The van der Waals surface area contributed by atoms with Crippen LogP contribution in [0.25, 0.3) is 0 Å². The van der Waals surface area contributed by atoms with Gasteiger partial charge in [-0.3, -0.25) is 0 Å². The molecule has 0 aromatic carbocycles. The predicted octanol–water partition coefficient (Wildman–Crippen LogP) is 0.381. The highest BCUT2D eigenvalue weighted by molar-refractivity contribution is 4.63. The molecule has 0 heterocycles. The third-order valence-electron chi connectivity index (χ3n) is 1.07. The SMILES string of the molecule is C=COC(CNC)COC. The fourth-order valence-electron chi connectivity index (χ4n) is 0.696. The summed E-state index contributed by atoms with van der Waals surface area (Å²) in [5.41, 5.74) is 0. The summed E-state index contributed by atoms with van der Waals surface area (Å²) in [5, 5.41) is 2.98. The lowest BCUT2D eigenvalue weighted by molar-refractivity contribution is 0.0534. The molecule has 0 aromatic heterocycles. The average molecular weight is 145 g/mol. The minimum absolute atomic E-state index is 0.0764. The lowest BCUT2D eigenvalue weighted by Gasteiger charge is -2.14. The number of rotatable bonds is 6. The smallest absolute Gasteiger partial charge is 0.133 e. The molecule has 0 saturated carbocycles. The topological polar surface area (TPSA) is 30.5 Å². The van der Waals surface area contributed by atoms with Gasteiger partial charge in [-0.2, -0.15) is 0 Å². The third kappa shape index (κ3) is 4.35. The first kappa shape index (κ1) is 9.46. The monoisotopic (exact) mass is 145 g/mol. The van der Waals surface area contributed by atoms with Gasteiger partial charge in [0, 0.05) is 13.7 Å². The first-order chi connectivity index (χ1) is 4.85. The molecule has 10 heavy (non-hydrogen) atoms. The van der Waals surface area contributed by atoms with Gasteiger partial charge >= 0.3 is 0 Å². The van der Waals surface area contributed by atoms with Gasteiger partial charge < -0.3 is 14.8 Å². The maximum Gasteiger partial charge on any atom is 0.133 e. The van der Waals surface area contributed by atoms with Crippen LogP contribution in [0.3, 0.4) is 0 Å². The first-order valence-corrected chi connectivity index (χ1v) is 3.25. The van der Waals surface area contributed by atoms with Gasteiger partial charge in [-0.05, 0) is 7.05 Å². The number of ether oxygens (including phenoxy) is 2. The van der Waals surface area contributed by atoms with Crippen LogP contribution in [0, 0.1) is 0 Å². The van der Waals surface area contributed by atoms with Crippen LogP contribution in [0.4, 0.5) is 0 Å². The highest BCUT2D eigenvalue weighted by Gasteiger charge is 2.04. The summed E-state index contributed by atoms with van der Waals surface area (Å²) >= 11 is 0. The minimum atomic E-state index is 0.0764. The zero-order valence-electron chi connectivity index (χ0n) is 6.59. The molecule has 0 aliphatic carbocycles. The van der Waals surface area contributed by atoms with E-state index in [0.717, 1.165) is 6.54 Å². The molecule has 0 aliphatic heterocycles. The van der Waals surface area contributed by atoms with Crippen molar-refractivity contribution in [3.63, 3.8) is 0 Å². The van der Waals surface area contributed by atoms with Crippen molar-refractivity contribution >= 4 is 0 Å². The Labute approximate surface area is 62.0 Å². The maximum atomic E-state index is 5.10. The molecule has 0 bridgehead atoms. The molecule has 0 aromatic rings. The lowest BCUT2D eigenvalue weighted by atomic mass is 10.4. The largest absolute Gasteiger partial charge is 0.495 e. The number of hydrogen-bond donors (Lipinski definition) is 1. The van der Waals surface area contributed by atoms with Crippen molar-refractivity contribution in [2.45, 2.75) is 6.10 Å². The standard InChI is InChI=1S/C7H15NO2/c1-4-10-7(5-8-2)6-9-3/h4,7-8H,1,5-6H2,2-3H3. The molecule has 60 valence electrons. The van der Waals surface area contributed by atoms with Gasteiger partial charge in [-0.15, -0.1) is 0 Å². The van der Waals surface area contributed by atoms with E-state index in [1.54, 1.807) is 7.11 Å². The van der Waals surface area contributed by atoms with Crippen molar-refractivity contribution in [3.05, 3.63) is 12.8 Å². The van der Waals surface area contributed by atoms with E-state index < -0.39 is 0 Å². The lowest BCUT2D eigenvalue weighted by Crippen LogP contribution is -2.29. The van der Waals surface area contributed by atoms with Crippen LogP contribution >= 0.6 is 0 Å². The number of nitrogens with one attached hydrogen (secondary N) is 1. The van der Waals surface area contributed by atoms with Gasteiger partial charge in [0.2, 0.25) is 0 Å². The predicted molar refractivity (Wildman–Crippen MR) is 40.9 cm³/mol. The first-order valence-electron chi connectivity index (χ1n) is 3.25. The van der Waals surface area contributed by atoms with Crippen molar-refractivity contribution in [2.75, 3.05) is 27.3 Å². The number of hydrogen-bond acceptors (Lipinski definition) is 3. The van der Waals surface area contributed by atoms with E-state index in [1.807, 2.05) is 7.05 Å². The van der Waals surface area contributed by atoms with Gasteiger partial charge in [0.05, 0.1) is 12.9 Å². The molecule has 0 radical (unpaired) electrons. The molecule has 0 rings (SSSR count). The number of methoxy groups -OCH3 is 1. The Kier molecular flexibility index (Phi) is 6.22. The molecule has 3 heteroatoms. The maximum absolute atomic E-state index is 5.10. The summed E-state index contributed by atoms with van der Waals surface area (Å²) in [6, 6.07) is 0. The molecule has 1 atom stereocenters. The molecule has 0 amide bonds. The summed E-state index contributed by atoms with van der Waals surface area (Å²) < 4.78 is 10.00. The molecule has 0 spiro atoms. The van der Waals surface area contributed by atoms with E-state index in [9.17, 15) is 0 Å². The zero-order valence-corrected chi connectivity index (χ0v) is 6.59. The van der Waals surface area contributed by atoms with E-state index >= 15 is 0 Å². The fraction of sp³-hybridized carbons (Fsp3) is 0.714. The van der Waals surface area contributed by atoms with Crippen LogP contribution in [0.5, 0.6) is 0 Å². The van der Waals surface area contributed by atoms with Gasteiger partial charge in [0.1, 0.15) is 6.10 Å². The summed E-state index contributed by atoms with van der Waals surface area (Å²) in [6.07, 6.45) is 1.51. The molecular formula is C7H15NO2. The molecule has 0 fully saturated rings. The molecule has 0 saturated heterocycles. The fourth-order valence-corrected chi connectivity index (χ4v) is 0.696. The van der Waals surface area contributed by atoms with Crippen LogP contribution < -0.4 is 5.32 Å². The molecule has 1 unspecified atom stereocenters. The highest BCUT2D eigenvalue weighted by atomic mass is 16.5. The highest BCUT2D eigenvalue weighted by Crippen LogP contribution is 1.90. The second-order valence-electron chi connectivity index (χ2n) is 1.94. The quantitative estimate of drug-likeness (QED) is 0.548. The van der Waals surface area contributed by atoms with Crippen molar-refractivity contribution in [1.82, 2.24) is 5.32 Å². The van der Waals surface area contributed by atoms with Crippen LogP contribution in [-0.4, -0.2) is 33.4 Å². The van der Waals surface area contributed by atoms with Gasteiger partial charge in [-0.25, -0.2) is 0 Å². The zero-order chi connectivity index (χ0) is 7.82. The Balaban J connectivity index is 3.38. The Morgan fingerprint density at radius 3 is 2.80 bits per heavy atom. The Morgan fingerprint density at radius 2 is 2.40 bits per heavy atom. The Bertz CT molecular complexity index is 79.7. The van der Waals surface area contributed by atoms with Crippen molar-refractivity contribution < 1.29 is 9.47 Å². The second kappa shape index (κ2) is 6.58. The van der Waals surface area contributed by atoms with E-state index in [0.29, 0.717) is 6.61 Å². The van der Waals surface area contributed by atoms with Crippen molar-refractivity contribution in [2.24, 2.45) is 0 Å². The summed E-state index contributed by atoms with van der Waals surface area (Å²) in [7, 11) is 3.52. The van der Waals surface area contributed by atoms with E-state index in [4.69, 9.17) is 9.47 Å². The van der Waals surface area contributed by atoms with E-state index in [2.05, 4.69) is 11.9 Å². The van der Waals surface area contributed by atoms with Crippen molar-refractivity contribution in [1.29, 1.82) is 0 Å². The normalized spacial score (nSPS) is 12.6. The summed E-state index contributed by atoms with van der Waals surface area (Å²) in [4.78, 5) is 0. The average Bonchev–Trinajstić information content (AvgIpc) is 1.90. The summed E-state index contributed by atoms with van der Waals surface area (Å²) in [6.45, 7) is 4.83. The van der Waals surface area contributed by atoms with E-state index in [-0.39, 0.29) is 6.10 Å². The van der Waals surface area contributed by atoms with Crippen molar-refractivity contribution in [3.8, 4) is 0 Å². The molecule has 0 aliphatic rings. The third-order valence-corrected chi connectivity index (χ3v) is 1.07.